The molecule has 0 saturated carbocycles. The van der Waals surface area contributed by atoms with Gasteiger partial charge in [0, 0.05) is 0 Å². The lowest BCUT2D eigenvalue weighted by atomic mass is 10.1. The van der Waals surface area contributed by atoms with Gasteiger partial charge in [-0.25, -0.2) is 5.11 Å². The summed E-state index contributed by atoms with van der Waals surface area (Å²) in [5.41, 5.74) is 0. The minimum absolute atomic E-state index is 0.122. The summed E-state index contributed by atoms with van der Waals surface area (Å²) in [6.45, 7) is 2.39. The van der Waals surface area contributed by atoms with Gasteiger partial charge in [0.1, 0.15) is 0 Å². The van der Waals surface area contributed by atoms with Crippen LogP contribution in [-0.2, 0) is 5.11 Å². The van der Waals surface area contributed by atoms with Crippen LogP contribution in [0.5, 0.6) is 0 Å². The summed E-state index contributed by atoms with van der Waals surface area (Å²) >= 11 is 0. The third-order valence-corrected chi connectivity index (χ3v) is 3.00. The Labute approximate surface area is 96.3 Å². The van der Waals surface area contributed by atoms with Gasteiger partial charge in [0.05, 0.1) is 6.61 Å². The molecule has 0 spiro atoms. The van der Waals surface area contributed by atoms with Crippen LogP contribution in [-0.4, -0.2) is 6.61 Å². The smallest absolute Gasteiger partial charge is 0.0822 e. The zero-order chi connectivity index (χ0) is 11.2. The molecule has 0 aliphatic rings. The lowest BCUT2D eigenvalue weighted by molar-refractivity contribution is 0.186. The molecule has 0 aliphatic carbocycles. The van der Waals surface area contributed by atoms with Crippen LogP contribution in [0.2, 0.25) is 0 Å². The van der Waals surface area contributed by atoms with Crippen molar-refractivity contribution in [1.82, 2.24) is 0 Å². The molecule has 0 aliphatic heterocycles. The van der Waals surface area contributed by atoms with Gasteiger partial charge in [-0.3, -0.25) is 0 Å². The van der Waals surface area contributed by atoms with Gasteiger partial charge in [-0.05, 0) is 6.42 Å². The Kier molecular flexibility index (Phi) is 13.9. The van der Waals surface area contributed by atoms with E-state index in [1.54, 1.807) is 0 Å². The fourth-order valence-electron chi connectivity index (χ4n) is 1.94. The second-order valence-electron chi connectivity index (χ2n) is 4.59. The summed E-state index contributed by atoms with van der Waals surface area (Å²) in [4.78, 5) is 0. The fraction of sp³-hybridized carbons (Fsp3) is 1.00. The first-order valence-electron chi connectivity index (χ1n) is 7.00. The average molecular weight is 213 g/mol. The zero-order valence-electron chi connectivity index (χ0n) is 10.6. The van der Waals surface area contributed by atoms with Crippen LogP contribution in [0.4, 0.5) is 0 Å². The molecule has 0 atom stereocenters. The Balaban J connectivity index is 2.81. The number of hydrogen-bond acceptors (Lipinski definition) is 0. The molecule has 0 aromatic heterocycles. The Morgan fingerprint density at radius 1 is 0.533 bits per heavy atom. The van der Waals surface area contributed by atoms with Crippen molar-refractivity contribution in [2.45, 2.75) is 84.0 Å². The summed E-state index contributed by atoms with van der Waals surface area (Å²) in [6.07, 6.45) is 15.9. The quantitative estimate of drug-likeness (QED) is 0.401. The molecule has 0 unspecified atom stereocenters. The lowest BCUT2D eigenvalue weighted by Crippen LogP contribution is -1.84. The molecule has 1 heteroatoms. The van der Waals surface area contributed by atoms with Crippen molar-refractivity contribution in [3.05, 3.63) is 0 Å². The van der Waals surface area contributed by atoms with Crippen LogP contribution in [0.15, 0.2) is 0 Å². The predicted molar refractivity (Wildman–Crippen MR) is 66.6 cm³/mol. The third kappa shape index (κ3) is 14.0. The molecule has 0 aromatic carbocycles. The van der Waals surface area contributed by atoms with E-state index in [2.05, 4.69) is 6.92 Å². The molecular formula is C14H29O. The van der Waals surface area contributed by atoms with Crippen molar-refractivity contribution in [3.63, 3.8) is 0 Å². The van der Waals surface area contributed by atoms with Crippen molar-refractivity contribution in [1.29, 1.82) is 0 Å². The van der Waals surface area contributed by atoms with Gasteiger partial charge in [0.15, 0.2) is 0 Å². The highest BCUT2D eigenvalue weighted by atomic mass is 16.2. The average Bonchev–Trinajstić information content (AvgIpc) is 2.26. The van der Waals surface area contributed by atoms with Crippen LogP contribution in [0.3, 0.4) is 0 Å². The van der Waals surface area contributed by atoms with Gasteiger partial charge in [0.25, 0.3) is 0 Å². The van der Waals surface area contributed by atoms with E-state index < -0.39 is 0 Å². The van der Waals surface area contributed by atoms with Gasteiger partial charge in [-0.15, -0.1) is 0 Å². The molecule has 0 fully saturated rings. The Morgan fingerprint density at radius 3 is 1.20 bits per heavy atom. The predicted octanol–water partition coefficient (Wildman–Crippen LogP) is 5.12. The molecule has 0 aromatic rings. The summed E-state index contributed by atoms with van der Waals surface area (Å²) in [5, 5.41) is 10.2. The second-order valence-corrected chi connectivity index (χ2v) is 4.59. The Hall–Kier alpha value is -0.0400. The molecular weight excluding hydrogens is 184 g/mol. The van der Waals surface area contributed by atoms with Crippen LogP contribution in [0, 0.1) is 0 Å². The lowest BCUT2D eigenvalue weighted by Gasteiger charge is -2.01. The first-order chi connectivity index (χ1) is 7.41. The van der Waals surface area contributed by atoms with Crippen molar-refractivity contribution in [3.8, 4) is 0 Å². The minimum Gasteiger partial charge on any atom is -0.237 e. The highest BCUT2D eigenvalue weighted by molar-refractivity contribution is 4.47. The first-order valence-corrected chi connectivity index (χ1v) is 7.00. The molecule has 0 N–H and O–H groups in total. The second kappa shape index (κ2) is 14.0. The van der Waals surface area contributed by atoms with E-state index >= 15 is 0 Å². The largest absolute Gasteiger partial charge is 0.237 e. The van der Waals surface area contributed by atoms with Crippen LogP contribution >= 0.6 is 0 Å². The number of unbranched alkanes of at least 4 members (excludes halogenated alkanes) is 11. The third-order valence-electron chi connectivity index (χ3n) is 3.00. The molecule has 91 valence electrons. The maximum absolute atomic E-state index is 10.2. The van der Waals surface area contributed by atoms with Gasteiger partial charge in [-0.1, -0.05) is 77.6 Å². The number of rotatable bonds is 12. The molecule has 0 bridgehead atoms. The molecule has 1 radical (unpaired) electrons. The van der Waals surface area contributed by atoms with Gasteiger partial charge in [-0.2, -0.15) is 0 Å². The van der Waals surface area contributed by atoms with Gasteiger partial charge < -0.3 is 0 Å². The summed E-state index contributed by atoms with van der Waals surface area (Å²) in [6, 6.07) is 0. The Bertz CT molecular complexity index is 89.5. The van der Waals surface area contributed by atoms with E-state index in [-0.39, 0.29) is 6.61 Å². The zero-order valence-corrected chi connectivity index (χ0v) is 10.6. The SMILES string of the molecule is CCCCCCCCCCCCCC[O]. The summed E-state index contributed by atoms with van der Waals surface area (Å²) in [7, 11) is 0. The van der Waals surface area contributed by atoms with Crippen molar-refractivity contribution in [2.75, 3.05) is 6.61 Å². The van der Waals surface area contributed by atoms with Crippen molar-refractivity contribution in [2.24, 2.45) is 0 Å². The highest BCUT2D eigenvalue weighted by Gasteiger charge is 1.92. The molecule has 0 heterocycles. The highest BCUT2D eigenvalue weighted by Crippen LogP contribution is 2.11. The minimum atomic E-state index is 0.122. The normalized spacial score (nSPS) is 10.8. The molecule has 15 heavy (non-hydrogen) atoms. The van der Waals surface area contributed by atoms with Crippen LogP contribution in [0.1, 0.15) is 84.0 Å². The first kappa shape index (κ1) is 15.0. The van der Waals surface area contributed by atoms with E-state index in [1.165, 1.54) is 64.2 Å². The fourth-order valence-corrected chi connectivity index (χ4v) is 1.94. The maximum Gasteiger partial charge on any atom is 0.0822 e. The molecule has 0 amide bonds. The van der Waals surface area contributed by atoms with E-state index in [1.807, 2.05) is 0 Å². The van der Waals surface area contributed by atoms with Crippen molar-refractivity contribution < 1.29 is 5.11 Å². The van der Waals surface area contributed by atoms with Crippen molar-refractivity contribution >= 4 is 0 Å². The maximum atomic E-state index is 10.2. The molecule has 1 nitrogen and oxygen atoms in total. The molecule has 0 rings (SSSR count). The topological polar surface area (TPSA) is 19.9 Å². The van der Waals surface area contributed by atoms with E-state index in [0.717, 1.165) is 12.8 Å². The molecule has 0 saturated heterocycles. The van der Waals surface area contributed by atoms with E-state index in [0.29, 0.717) is 0 Å². The Morgan fingerprint density at radius 2 is 0.867 bits per heavy atom. The van der Waals surface area contributed by atoms with Gasteiger partial charge >= 0.3 is 0 Å². The number of hydrogen-bond donors (Lipinski definition) is 0. The standard InChI is InChI=1S/C14H29O/c1-2-3-4-5-6-7-8-9-10-11-12-13-14-15/h2-14H2,1H3. The van der Waals surface area contributed by atoms with E-state index in [4.69, 9.17) is 0 Å². The van der Waals surface area contributed by atoms with E-state index in [9.17, 15) is 5.11 Å². The summed E-state index contributed by atoms with van der Waals surface area (Å²) in [5.74, 6) is 0. The van der Waals surface area contributed by atoms with Crippen LogP contribution < -0.4 is 0 Å². The monoisotopic (exact) mass is 213 g/mol. The summed E-state index contributed by atoms with van der Waals surface area (Å²) < 4.78 is 0. The van der Waals surface area contributed by atoms with Crippen LogP contribution in [0.25, 0.3) is 0 Å². The van der Waals surface area contributed by atoms with Gasteiger partial charge in [0.2, 0.25) is 0 Å².